The number of aromatic nitrogens is 1. The average Bonchev–Trinajstić information content (AvgIpc) is 3.18. The van der Waals surface area contributed by atoms with Gasteiger partial charge in [0.15, 0.2) is 0 Å². The van der Waals surface area contributed by atoms with Crippen molar-refractivity contribution in [3.8, 4) is 0 Å². The molecule has 0 spiro atoms. The predicted molar refractivity (Wildman–Crippen MR) is 124 cm³/mol. The Labute approximate surface area is 190 Å². The van der Waals surface area contributed by atoms with E-state index < -0.39 is 0 Å². The highest BCUT2D eigenvalue weighted by atomic mass is 16.2. The largest absolute Gasteiger partial charge is 0.353 e. The monoisotopic (exact) mass is 435 g/mol. The maximum absolute atomic E-state index is 13.0. The molecule has 2 amide bonds. The van der Waals surface area contributed by atoms with Gasteiger partial charge in [0.1, 0.15) is 6.04 Å². The zero-order valence-corrected chi connectivity index (χ0v) is 19.0. The summed E-state index contributed by atoms with van der Waals surface area (Å²) in [6, 6.07) is 12.5. The highest BCUT2D eigenvalue weighted by molar-refractivity contribution is 5.83. The molecule has 2 aromatic rings. The number of benzene rings is 1. The first-order chi connectivity index (χ1) is 15.5. The van der Waals surface area contributed by atoms with Crippen LogP contribution in [-0.2, 0) is 22.7 Å². The van der Waals surface area contributed by atoms with E-state index in [4.69, 9.17) is 0 Å². The minimum absolute atomic E-state index is 0.0294. The van der Waals surface area contributed by atoms with E-state index >= 15 is 0 Å². The summed E-state index contributed by atoms with van der Waals surface area (Å²) in [5, 5.41) is 6.11. The van der Waals surface area contributed by atoms with Crippen molar-refractivity contribution in [2.45, 2.75) is 57.4 Å². The topological polar surface area (TPSA) is 77.6 Å². The van der Waals surface area contributed by atoms with Crippen molar-refractivity contribution >= 4 is 11.8 Å². The summed E-state index contributed by atoms with van der Waals surface area (Å²) in [5.41, 5.74) is 3.47. The second-order valence-corrected chi connectivity index (χ2v) is 9.00. The molecule has 2 aliphatic heterocycles. The Morgan fingerprint density at radius 1 is 1.22 bits per heavy atom. The first-order valence-electron chi connectivity index (χ1n) is 11.5. The number of amides is 2. The first kappa shape index (κ1) is 22.4. The van der Waals surface area contributed by atoms with Crippen molar-refractivity contribution in [1.82, 2.24) is 25.4 Å². The lowest BCUT2D eigenvalue weighted by Gasteiger charge is -2.33. The summed E-state index contributed by atoms with van der Waals surface area (Å²) in [6.07, 6.45) is 5.60. The number of hydrogen-bond acceptors (Lipinski definition) is 5. The molecule has 0 saturated carbocycles. The Kier molecular flexibility index (Phi) is 7.17. The number of aryl methyl sites for hydroxylation is 1. The average molecular weight is 436 g/mol. The van der Waals surface area contributed by atoms with Gasteiger partial charge < -0.3 is 10.6 Å². The van der Waals surface area contributed by atoms with Crippen LogP contribution in [0.5, 0.6) is 0 Å². The van der Waals surface area contributed by atoms with Crippen LogP contribution in [0.15, 0.2) is 48.8 Å². The molecule has 2 fully saturated rings. The molecular formula is C25H33N5O2. The minimum atomic E-state index is -0.147. The smallest absolute Gasteiger partial charge is 0.239 e. The number of pyridine rings is 1. The molecule has 3 unspecified atom stereocenters. The first-order valence-corrected chi connectivity index (χ1v) is 11.5. The molecule has 3 atom stereocenters. The van der Waals surface area contributed by atoms with E-state index in [1.54, 1.807) is 12.4 Å². The van der Waals surface area contributed by atoms with Gasteiger partial charge in [-0.2, -0.15) is 0 Å². The van der Waals surface area contributed by atoms with Gasteiger partial charge in [-0.3, -0.25) is 24.4 Å². The number of nitrogens with zero attached hydrogens (tertiary/aromatic N) is 3. The van der Waals surface area contributed by atoms with Crippen LogP contribution in [0.2, 0.25) is 0 Å². The molecule has 2 N–H and O–H groups in total. The second-order valence-electron chi connectivity index (χ2n) is 9.00. The normalized spacial score (nSPS) is 23.9. The zero-order valence-electron chi connectivity index (χ0n) is 19.0. The van der Waals surface area contributed by atoms with Crippen LogP contribution < -0.4 is 10.6 Å². The van der Waals surface area contributed by atoms with Gasteiger partial charge in [0.2, 0.25) is 11.8 Å². The molecular weight excluding hydrogens is 402 g/mol. The van der Waals surface area contributed by atoms with Crippen molar-refractivity contribution < 1.29 is 9.59 Å². The summed E-state index contributed by atoms with van der Waals surface area (Å²) in [7, 11) is 2.10. The van der Waals surface area contributed by atoms with Gasteiger partial charge in [0.25, 0.3) is 0 Å². The fourth-order valence-electron chi connectivity index (χ4n) is 4.84. The number of carbonyl (C=O) groups is 2. The predicted octanol–water partition coefficient (Wildman–Crippen LogP) is 1.86. The Bertz CT molecular complexity index is 918. The van der Waals surface area contributed by atoms with E-state index in [2.05, 4.69) is 63.7 Å². The van der Waals surface area contributed by atoms with Crippen LogP contribution in [0.1, 0.15) is 36.0 Å². The molecule has 7 heteroatoms. The van der Waals surface area contributed by atoms with Crippen LogP contribution in [0.4, 0.5) is 0 Å². The maximum Gasteiger partial charge on any atom is 0.239 e. The fraction of sp³-hybridized carbons (Fsp3) is 0.480. The molecule has 0 radical (unpaired) electrons. The number of carbonyl (C=O) groups excluding carboxylic acids is 2. The third-order valence-electron chi connectivity index (χ3n) is 6.77. The van der Waals surface area contributed by atoms with Crippen molar-refractivity contribution in [3.05, 3.63) is 65.5 Å². The molecule has 1 aromatic heterocycles. The number of hydrogen-bond donors (Lipinski definition) is 2. The van der Waals surface area contributed by atoms with Crippen molar-refractivity contribution in [2.75, 3.05) is 20.1 Å². The lowest BCUT2D eigenvalue weighted by atomic mass is 10.0. The van der Waals surface area contributed by atoms with E-state index in [1.165, 1.54) is 11.1 Å². The summed E-state index contributed by atoms with van der Waals surface area (Å²) >= 11 is 0. The van der Waals surface area contributed by atoms with Gasteiger partial charge in [-0.1, -0.05) is 35.9 Å². The highest BCUT2D eigenvalue weighted by Gasteiger charge is 2.44. The summed E-state index contributed by atoms with van der Waals surface area (Å²) in [4.78, 5) is 34.0. The minimum Gasteiger partial charge on any atom is -0.353 e. The Morgan fingerprint density at radius 2 is 2.03 bits per heavy atom. The summed E-state index contributed by atoms with van der Waals surface area (Å²) in [6.45, 7) is 4.84. The maximum atomic E-state index is 13.0. The van der Waals surface area contributed by atoms with Crippen molar-refractivity contribution in [2.24, 2.45) is 0 Å². The second kappa shape index (κ2) is 10.2. The highest BCUT2D eigenvalue weighted by Crippen LogP contribution is 2.28. The zero-order chi connectivity index (χ0) is 22.5. The van der Waals surface area contributed by atoms with Crippen LogP contribution >= 0.6 is 0 Å². The molecule has 2 saturated heterocycles. The summed E-state index contributed by atoms with van der Waals surface area (Å²) in [5.74, 6) is 0.136. The van der Waals surface area contributed by atoms with E-state index in [1.807, 2.05) is 12.1 Å². The number of fused-ring (bicyclic) bond motifs is 1. The van der Waals surface area contributed by atoms with E-state index in [-0.39, 0.29) is 29.9 Å². The fourth-order valence-corrected chi connectivity index (χ4v) is 4.84. The van der Waals surface area contributed by atoms with Crippen LogP contribution in [0.25, 0.3) is 0 Å². The molecule has 3 heterocycles. The van der Waals surface area contributed by atoms with Gasteiger partial charge in [-0.15, -0.1) is 0 Å². The van der Waals surface area contributed by atoms with Crippen LogP contribution in [0, 0.1) is 6.92 Å². The van der Waals surface area contributed by atoms with E-state index in [0.29, 0.717) is 19.5 Å². The Balaban J connectivity index is 1.32. The third kappa shape index (κ3) is 5.34. The number of likely N-dealkylation sites (N-methyl/N-ethyl adjacent to an activating group) is 1. The molecule has 170 valence electrons. The van der Waals surface area contributed by atoms with E-state index in [0.717, 1.165) is 31.5 Å². The third-order valence-corrected chi connectivity index (χ3v) is 6.77. The SMILES string of the molecule is Cc1ccc(CN2CCC3C2C(=O)NCC(CCC(=O)NCc2cccnc2)N3C)cc1. The number of nitrogens with one attached hydrogen (secondary N) is 2. The lowest BCUT2D eigenvalue weighted by molar-refractivity contribution is -0.126. The molecule has 7 nitrogen and oxygen atoms in total. The van der Waals surface area contributed by atoms with Crippen LogP contribution in [-0.4, -0.2) is 64.9 Å². The number of rotatable bonds is 7. The van der Waals surface area contributed by atoms with Gasteiger partial charge in [-0.25, -0.2) is 0 Å². The Hall–Kier alpha value is -2.77. The number of likely N-dealkylation sites (tertiary alicyclic amines) is 1. The summed E-state index contributed by atoms with van der Waals surface area (Å²) < 4.78 is 0. The lowest BCUT2D eigenvalue weighted by Crippen LogP contribution is -2.49. The quantitative estimate of drug-likeness (QED) is 0.694. The molecule has 0 bridgehead atoms. The Morgan fingerprint density at radius 3 is 2.78 bits per heavy atom. The van der Waals surface area contributed by atoms with Gasteiger partial charge >= 0.3 is 0 Å². The molecule has 1 aromatic carbocycles. The molecule has 2 aliphatic rings. The van der Waals surface area contributed by atoms with Gasteiger partial charge in [0, 0.05) is 57.1 Å². The van der Waals surface area contributed by atoms with Gasteiger partial charge in [-0.05, 0) is 44.0 Å². The van der Waals surface area contributed by atoms with Crippen LogP contribution in [0.3, 0.4) is 0 Å². The molecule has 32 heavy (non-hydrogen) atoms. The molecule has 4 rings (SSSR count). The van der Waals surface area contributed by atoms with E-state index in [9.17, 15) is 9.59 Å². The standard InChI is InChI=1S/C25H33N5O2/c1-18-5-7-19(8-6-18)17-30-13-11-22-24(30)25(32)28-16-21(29(22)2)9-10-23(31)27-15-20-4-3-12-26-14-20/h3-8,12,14,21-22,24H,9-11,13,15-17H2,1-2H3,(H,27,31)(H,28,32). The van der Waals surface area contributed by atoms with Gasteiger partial charge in [0.05, 0.1) is 0 Å². The van der Waals surface area contributed by atoms with Crippen molar-refractivity contribution in [1.29, 1.82) is 0 Å². The van der Waals surface area contributed by atoms with Crippen molar-refractivity contribution in [3.63, 3.8) is 0 Å². The molecule has 0 aliphatic carbocycles.